The number of nitrogens with one attached hydrogen (secondary N) is 2. The molecule has 0 aromatic heterocycles. The summed E-state index contributed by atoms with van der Waals surface area (Å²) >= 11 is 0. The lowest BCUT2D eigenvalue weighted by Gasteiger charge is -2.32. The number of hydrogen-bond donors (Lipinski definition) is 2. The van der Waals surface area contributed by atoms with E-state index < -0.39 is 10.0 Å². The maximum Gasteiger partial charge on any atom is 0.240 e. The molecule has 0 radical (unpaired) electrons. The highest BCUT2D eigenvalue weighted by molar-refractivity contribution is 7.89. The summed E-state index contributed by atoms with van der Waals surface area (Å²) < 4.78 is 32.3. The highest BCUT2D eigenvalue weighted by atomic mass is 32.2. The minimum absolute atomic E-state index is 0.0721. The van der Waals surface area contributed by atoms with Crippen molar-refractivity contribution in [3.63, 3.8) is 0 Å². The van der Waals surface area contributed by atoms with Gasteiger partial charge in [-0.25, -0.2) is 13.1 Å². The van der Waals surface area contributed by atoms with Gasteiger partial charge in [0, 0.05) is 45.7 Å². The Kier molecular flexibility index (Phi) is 9.86. The zero-order valence-corrected chi connectivity index (χ0v) is 18.3. The van der Waals surface area contributed by atoms with Crippen LogP contribution in [0.1, 0.15) is 26.2 Å². The SMILES string of the molecule is CCOc1ccc(S(=O)(=O)NCCC(=O)NCCCCN2CCN(C)CC2)cc1. The number of hydrogen-bond acceptors (Lipinski definition) is 6. The predicted molar refractivity (Wildman–Crippen MR) is 114 cm³/mol. The molecule has 9 heteroatoms. The molecule has 0 saturated carbocycles. The molecule has 0 unspecified atom stereocenters. The summed E-state index contributed by atoms with van der Waals surface area (Å²) in [7, 11) is -1.48. The molecular weight excluding hydrogens is 392 g/mol. The molecule has 1 aromatic rings. The number of benzene rings is 1. The van der Waals surface area contributed by atoms with E-state index in [9.17, 15) is 13.2 Å². The van der Waals surface area contributed by atoms with Crippen LogP contribution in [0.4, 0.5) is 0 Å². The second kappa shape index (κ2) is 12.1. The third kappa shape index (κ3) is 8.69. The zero-order chi connectivity index (χ0) is 21.1. The molecule has 1 aromatic carbocycles. The van der Waals surface area contributed by atoms with Crippen molar-refractivity contribution in [1.29, 1.82) is 0 Å². The number of likely N-dealkylation sites (N-methyl/N-ethyl adjacent to an activating group) is 1. The van der Waals surface area contributed by atoms with Crippen molar-refractivity contribution in [3.8, 4) is 5.75 Å². The minimum atomic E-state index is -3.63. The number of carbonyl (C=O) groups excluding carboxylic acids is 1. The normalized spacial score (nSPS) is 15.9. The molecule has 1 aliphatic rings. The molecule has 0 atom stereocenters. The lowest BCUT2D eigenvalue weighted by molar-refractivity contribution is -0.120. The van der Waals surface area contributed by atoms with E-state index in [4.69, 9.17) is 4.74 Å². The summed E-state index contributed by atoms with van der Waals surface area (Å²) in [5.74, 6) is 0.484. The van der Waals surface area contributed by atoms with Crippen LogP contribution in [0.15, 0.2) is 29.2 Å². The van der Waals surface area contributed by atoms with Gasteiger partial charge in [0.05, 0.1) is 11.5 Å². The summed E-state index contributed by atoms with van der Waals surface area (Å²) in [6.07, 6.45) is 2.10. The van der Waals surface area contributed by atoms with Crippen LogP contribution in [0.25, 0.3) is 0 Å². The number of unbranched alkanes of at least 4 members (excludes halogenated alkanes) is 1. The van der Waals surface area contributed by atoms with Crippen LogP contribution >= 0.6 is 0 Å². The number of amides is 1. The van der Waals surface area contributed by atoms with Crippen molar-refractivity contribution in [2.24, 2.45) is 0 Å². The summed E-state index contributed by atoms with van der Waals surface area (Å²) in [6, 6.07) is 6.22. The number of ether oxygens (including phenoxy) is 1. The van der Waals surface area contributed by atoms with Crippen molar-refractivity contribution < 1.29 is 17.9 Å². The van der Waals surface area contributed by atoms with Crippen molar-refractivity contribution in [1.82, 2.24) is 19.8 Å². The highest BCUT2D eigenvalue weighted by Gasteiger charge is 2.15. The van der Waals surface area contributed by atoms with Crippen LogP contribution in [0.3, 0.4) is 0 Å². The molecule has 0 bridgehead atoms. The second-order valence-corrected chi connectivity index (χ2v) is 9.02. The van der Waals surface area contributed by atoms with Crippen LogP contribution in [-0.4, -0.2) is 83.6 Å². The van der Waals surface area contributed by atoms with Crippen LogP contribution in [0, 0.1) is 0 Å². The van der Waals surface area contributed by atoms with Gasteiger partial charge in [-0.05, 0) is 57.6 Å². The Morgan fingerprint density at radius 1 is 1.07 bits per heavy atom. The van der Waals surface area contributed by atoms with E-state index in [1.807, 2.05) is 6.92 Å². The Balaban J connectivity index is 1.57. The molecule has 1 fully saturated rings. The molecule has 1 amide bonds. The fourth-order valence-corrected chi connectivity index (χ4v) is 4.14. The summed E-state index contributed by atoms with van der Waals surface area (Å²) in [5.41, 5.74) is 0. The fraction of sp³-hybridized carbons (Fsp3) is 0.650. The van der Waals surface area contributed by atoms with Gasteiger partial charge >= 0.3 is 0 Å². The smallest absolute Gasteiger partial charge is 0.240 e. The van der Waals surface area contributed by atoms with Gasteiger partial charge in [0.15, 0.2) is 0 Å². The molecule has 1 heterocycles. The average molecular weight is 427 g/mol. The zero-order valence-electron chi connectivity index (χ0n) is 17.5. The van der Waals surface area contributed by atoms with Gasteiger partial charge in [-0.1, -0.05) is 0 Å². The molecule has 8 nitrogen and oxygen atoms in total. The molecule has 1 saturated heterocycles. The van der Waals surface area contributed by atoms with E-state index in [1.165, 1.54) is 12.1 Å². The first-order valence-electron chi connectivity index (χ1n) is 10.3. The summed E-state index contributed by atoms with van der Waals surface area (Å²) in [4.78, 5) is 16.9. The molecule has 1 aliphatic heterocycles. The first kappa shape index (κ1) is 23.6. The molecule has 2 N–H and O–H groups in total. The van der Waals surface area contributed by atoms with Crippen molar-refractivity contribution in [2.45, 2.75) is 31.1 Å². The van der Waals surface area contributed by atoms with Gasteiger partial charge in [-0.2, -0.15) is 0 Å². The Morgan fingerprint density at radius 3 is 2.41 bits per heavy atom. The molecule has 0 spiro atoms. The lowest BCUT2D eigenvalue weighted by atomic mass is 10.2. The fourth-order valence-electron chi connectivity index (χ4n) is 3.11. The third-order valence-electron chi connectivity index (χ3n) is 4.91. The van der Waals surface area contributed by atoms with Crippen molar-refractivity contribution in [3.05, 3.63) is 24.3 Å². The Hall–Kier alpha value is -1.68. The average Bonchev–Trinajstić information content (AvgIpc) is 2.70. The van der Waals surface area contributed by atoms with Gasteiger partial charge < -0.3 is 19.9 Å². The standard InChI is InChI=1S/C20H34N4O4S/c1-3-28-18-6-8-19(9-7-18)29(26,27)22-12-10-20(25)21-11-4-5-13-24-16-14-23(2)15-17-24/h6-9,22H,3-5,10-17H2,1-2H3,(H,21,25). The lowest BCUT2D eigenvalue weighted by Crippen LogP contribution is -2.44. The molecule has 164 valence electrons. The van der Waals surface area contributed by atoms with E-state index in [2.05, 4.69) is 26.9 Å². The number of rotatable bonds is 12. The Labute approximate surface area is 174 Å². The monoisotopic (exact) mass is 426 g/mol. The van der Waals surface area contributed by atoms with E-state index in [0.29, 0.717) is 18.9 Å². The second-order valence-electron chi connectivity index (χ2n) is 7.25. The van der Waals surface area contributed by atoms with Crippen molar-refractivity contribution in [2.75, 3.05) is 59.5 Å². The summed E-state index contributed by atoms with van der Waals surface area (Å²) in [5, 5.41) is 2.86. The largest absolute Gasteiger partial charge is 0.494 e. The number of carbonyl (C=O) groups is 1. The van der Waals surface area contributed by atoms with E-state index in [-0.39, 0.29) is 23.8 Å². The molecule has 2 rings (SSSR count). The first-order chi connectivity index (χ1) is 13.9. The van der Waals surface area contributed by atoms with Crippen molar-refractivity contribution >= 4 is 15.9 Å². The van der Waals surface area contributed by atoms with Gasteiger partial charge in [0.1, 0.15) is 5.75 Å². The van der Waals surface area contributed by atoms with Crippen LogP contribution in [0.5, 0.6) is 5.75 Å². The maximum atomic E-state index is 12.3. The number of nitrogens with zero attached hydrogens (tertiary/aromatic N) is 2. The van der Waals surface area contributed by atoms with Crippen LogP contribution in [0.2, 0.25) is 0 Å². The highest BCUT2D eigenvalue weighted by Crippen LogP contribution is 2.15. The molecule has 0 aliphatic carbocycles. The maximum absolute atomic E-state index is 12.3. The van der Waals surface area contributed by atoms with Gasteiger partial charge in [0.2, 0.25) is 15.9 Å². The van der Waals surface area contributed by atoms with E-state index in [1.54, 1.807) is 12.1 Å². The van der Waals surface area contributed by atoms with Crippen LogP contribution in [-0.2, 0) is 14.8 Å². The quantitative estimate of drug-likeness (QED) is 0.483. The predicted octanol–water partition coefficient (Wildman–Crippen LogP) is 0.898. The first-order valence-corrected chi connectivity index (χ1v) is 11.8. The number of sulfonamides is 1. The molecular formula is C20H34N4O4S. The third-order valence-corrected chi connectivity index (χ3v) is 6.39. The van der Waals surface area contributed by atoms with Gasteiger partial charge in [-0.3, -0.25) is 4.79 Å². The van der Waals surface area contributed by atoms with Crippen LogP contribution < -0.4 is 14.8 Å². The Bertz CT molecular complexity index is 717. The summed E-state index contributed by atoms with van der Waals surface area (Å²) in [6.45, 7) is 8.59. The minimum Gasteiger partial charge on any atom is -0.494 e. The Morgan fingerprint density at radius 2 is 1.76 bits per heavy atom. The molecule has 29 heavy (non-hydrogen) atoms. The van der Waals surface area contributed by atoms with E-state index >= 15 is 0 Å². The van der Waals surface area contributed by atoms with Gasteiger partial charge in [0.25, 0.3) is 0 Å². The van der Waals surface area contributed by atoms with Gasteiger partial charge in [-0.15, -0.1) is 0 Å². The number of piperazine rings is 1. The topological polar surface area (TPSA) is 91.0 Å². The van der Waals surface area contributed by atoms with E-state index in [0.717, 1.165) is 45.6 Å².